The van der Waals surface area contributed by atoms with E-state index < -0.39 is 0 Å². The van der Waals surface area contributed by atoms with E-state index >= 15 is 0 Å². The number of aliphatic hydroxyl groups is 1. The van der Waals surface area contributed by atoms with Gasteiger partial charge >= 0.3 is 0 Å². The van der Waals surface area contributed by atoms with E-state index in [1.165, 1.54) is 6.33 Å². The zero-order chi connectivity index (χ0) is 17.5. The lowest BCUT2D eigenvalue weighted by Crippen LogP contribution is -2.32. The summed E-state index contributed by atoms with van der Waals surface area (Å²) in [4.78, 5) is 20.7. The minimum Gasteiger partial charge on any atom is -0.396 e. The maximum Gasteiger partial charge on any atom is 0.251 e. The zero-order valence-electron chi connectivity index (χ0n) is 13.6. The highest BCUT2D eigenvalue weighted by molar-refractivity contribution is 5.95. The Bertz CT molecular complexity index is 805. The van der Waals surface area contributed by atoms with Crippen molar-refractivity contribution < 1.29 is 9.90 Å². The van der Waals surface area contributed by atoms with Gasteiger partial charge in [0, 0.05) is 42.1 Å². The van der Waals surface area contributed by atoms with Crippen LogP contribution in [0.15, 0.2) is 55.0 Å². The summed E-state index contributed by atoms with van der Waals surface area (Å²) < 4.78 is 0. The Kier molecular flexibility index (Phi) is 5.48. The molecule has 0 aliphatic rings. The van der Waals surface area contributed by atoms with E-state index in [4.69, 9.17) is 0 Å². The van der Waals surface area contributed by atoms with Crippen molar-refractivity contribution in [2.45, 2.75) is 6.42 Å². The first-order valence-electron chi connectivity index (χ1n) is 8.01. The third-order valence-corrected chi connectivity index (χ3v) is 3.85. The number of H-pyrrole nitrogens is 1. The van der Waals surface area contributed by atoms with Gasteiger partial charge in [-0.3, -0.25) is 14.9 Å². The van der Waals surface area contributed by atoms with Crippen LogP contribution >= 0.6 is 0 Å². The molecule has 0 fully saturated rings. The van der Waals surface area contributed by atoms with Crippen LogP contribution in [0.3, 0.4) is 0 Å². The van der Waals surface area contributed by atoms with Crippen LogP contribution in [-0.2, 0) is 6.42 Å². The molecule has 3 N–H and O–H groups in total. The zero-order valence-corrected chi connectivity index (χ0v) is 13.6. The van der Waals surface area contributed by atoms with Gasteiger partial charge in [0.25, 0.3) is 5.91 Å². The number of nitrogens with zero attached hydrogens (tertiary/aromatic N) is 3. The van der Waals surface area contributed by atoms with Gasteiger partial charge in [-0.1, -0.05) is 18.2 Å². The fraction of sp³-hybridized carbons (Fsp3) is 0.222. The third-order valence-electron chi connectivity index (χ3n) is 3.85. The molecule has 128 valence electrons. The summed E-state index contributed by atoms with van der Waals surface area (Å²) in [7, 11) is 0. The summed E-state index contributed by atoms with van der Waals surface area (Å²) in [5, 5.41) is 19.0. The summed E-state index contributed by atoms with van der Waals surface area (Å²) in [5.74, 6) is 0.329. The lowest BCUT2D eigenvalue weighted by Gasteiger charge is -2.15. The molecule has 3 aromatic rings. The fourth-order valence-electron chi connectivity index (χ4n) is 2.51. The van der Waals surface area contributed by atoms with Crippen LogP contribution < -0.4 is 5.32 Å². The van der Waals surface area contributed by atoms with Crippen LogP contribution in [0.25, 0.3) is 11.4 Å². The molecule has 0 bridgehead atoms. The molecule has 0 radical (unpaired) electrons. The molecule has 7 nitrogen and oxygen atoms in total. The number of aromatic amines is 1. The monoisotopic (exact) mass is 337 g/mol. The Hall–Kier alpha value is -3.06. The number of hydrogen-bond acceptors (Lipinski definition) is 5. The van der Waals surface area contributed by atoms with E-state index in [0.29, 0.717) is 24.4 Å². The molecule has 0 saturated carbocycles. The van der Waals surface area contributed by atoms with Crippen LogP contribution in [0, 0.1) is 5.92 Å². The topological polar surface area (TPSA) is 104 Å². The summed E-state index contributed by atoms with van der Waals surface area (Å²) in [6.07, 6.45) is 3.75. The first-order chi connectivity index (χ1) is 12.3. The van der Waals surface area contributed by atoms with E-state index in [2.05, 4.69) is 25.5 Å². The van der Waals surface area contributed by atoms with E-state index in [-0.39, 0.29) is 18.4 Å². The number of rotatable bonds is 7. The molecule has 1 amide bonds. The predicted molar refractivity (Wildman–Crippen MR) is 92.7 cm³/mol. The Morgan fingerprint density at radius 1 is 1.20 bits per heavy atom. The molecule has 1 unspecified atom stereocenters. The van der Waals surface area contributed by atoms with Crippen molar-refractivity contribution in [2.24, 2.45) is 5.92 Å². The Balaban J connectivity index is 1.61. The van der Waals surface area contributed by atoms with Gasteiger partial charge in [-0.05, 0) is 30.7 Å². The van der Waals surface area contributed by atoms with Crippen LogP contribution in [0.4, 0.5) is 0 Å². The quantitative estimate of drug-likeness (QED) is 0.605. The molecule has 0 aliphatic carbocycles. The minimum absolute atomic E-state index is 0.0189. The van der Waals surface area contributed by atoms with Crippen molar-refractivity contribution >= 4 is 5.91 Å². The first-order valence-corrected chi connectivity index (χ1v) is 8.01. The minimum atomic E-state index is -0.194. The number of carbonyl (C=O) groups excluding carboxylic acids is 1. The molecule has 7 heteroatoms. The van der Waals surface area contributed by atoms with Gasteiger partial charge in [0.1, 0.15) is 6.33 Å². The molecule has 1 aromatic carbocycles. The van der Waals surface area contributed by atoms with Crippen LogP contribution in [0.1, 0.15) is 16.1 Å². The standard InChI is InChI=1S/C18H19N5O2/c24-11-13(8-16-6-1-2-7-19-16)10-20-18(25)15-5-3-4-14(9-15)17-21-12-22-23-17/h1-7,9,12-13,24H,8,10-11H2,(H,20,25)(H,21,22,23). The number of carbonyl (C=O) groups is 1. The lowest BCUT2D eigenvalue weighted by atomic mass is 10.0. The van der Waals surface area contributed by atoms with Gasteiger partial charge in [-0.2, -0.15) is 5.10 Å². The van der Waals surface area contributed by atoms with Crippen molar-refractivity contribution in [2.75, 3.05) is 13.2 Å². The van der Waals surface area contributed by atoms with Gasteiger partial charge in [0.2, 0.25) is 0 Å². The predicted octanol–water partition coefficient (Wildman–Crippen LogP) is 1.45. The Morgan fingerprint density at radius 3 is 2.84 bits per heavy atom. The van der Waals surface area contributed by atoms with E-state index in [1.807, 2.05) is 24.3 Å². The highest BCUT2D eigenvalue weighted by atomic mass is 16.3. The van der Waals surface area contributed by atoms with Gasteiger partial charge in [0.15, 0.2) is 5.82 Å². The van der Waals surface area contributed by atoms with E-state index in [0.717, 1.165) is 11.3 Å². The largest absolute Gasteiger partial charge is 0.396 e. The second kappa shape index (κ2) is 8.16. The van der Waals surface area contributed by atoms with Crippen molar-refractivity contribution in [3.05, 3.63) is 66.2 Å². The average molecular weight is 337 g/mol. The smallest absolute Gasteiger partial charge is 0.251 e. The summed E-state index contributed by atoms with van der Waals surface area (Å²) >= 11 is 0. The molecular formula is C18H19N5O2. The highest BCUT2D eigenvalue weighted by Gasteiger charge is 2.13. The second-order valence-corrected chi connectivity index (χ2v) is 5.70. The van der Waals surface area contributed by atoms with Crippen molar-refractivity contribution in [3.8, 4) is 11.4 Å². The Labute approximate surface area is 145 Å². The molecule has 2 aromatic heterocycles. The van der Waals surface area contributed by atoms with Gasteiger partial charge in [-0.15, -0.1) is 0 Å². The highest BCUT2D eigenvalue weighted by Crippen LogP contribution is 2.15. The molecule has 2 heterocycles. The van der Waals surface area contributed by atoms with Gasteiger partial charge in [0.05, 0.1) is 0 Å². The average Bonchev–Trinajstić information content (AvgIpc) is 3.20. The number of pyridine rings is 1. The van der Waals surface area contributed by atoms with Crippen molar-refractivity contribution in [1.29, 1.82) is 0 Å². The number of hydrogen-bond donors (Lipinski definition) is 3. The maximum atomic E-state index is 12.4. The molecule has 0 aliphatic heterocycles. The first kappa shape index (κ1) is 16.8. The normalized spacial score (nSPS) is 11.9. The molecule has 1 atom stereocenters. The van der Waals surface area contributed by atoms with Crippen LogP contribution in [0.5, 0.6) is 0 Å². The second-order valence-electron chi connectivity index (χ2n) is 5.70. The lowest BCUT2D eigenvalue weighted by molar-refractivity contribution is 0.0940. The number of nitrogens with one attached hydrogen (secondary N) is 2. The van der Waals surface area contributed by atoms with E-state index in [9.17, 15) is 9.90 Å². The summed E-state index contributed by atoms with van der Waals surface area (Å²) in [6, 6.07) is 12.8. The molecule has 25 heavy (non-hydrogen) atoms. The van der Waals surface area contributed by atoms with Gasteiger partial charge < -0.3 is 10.4 Å². The number of amides is 1. The number of aliphatic hydroxyl groups excluding tert-OH is 1. The van der Waals surface area contributed by atoms with E-state index in [1.54, 1.807) is 24.4 Å². The molecule has 3 rings (SSSR count). The number of aromatic nitrogens is 4. The molecule has 0 saturated heterocycles. The molecular weight excluding hydrogens is 318 g/mol. The summed E-state index contributed by atoms with van der Waals surface area (Å²) in [5.41, 5.74) is 2.21. The van der Waals surface area contributed by atoms with Crippen molar-refractivity contribution in [1.82, 2.24) is 25.5 Å². The third kappa shape index (κ3) is 4.48. The SMILES string of the molecule is O=C(NCC(CO)Cc1ccccn1)c1cccc(-c2ncn[nH]2)c1. The fourth-order valence-corrected chi connectivity index (χ4v) is 2.51. The van der Waals surface area contributed by atoms with Crippen LogP contribution in [-0.4, -0.2) is 44.3 Å². The summed E-state index contributed by atoms with van der Waals surface area (Å²) in [6.45, 7) is 0.355. The Morgan fingerprint density at radius 2 is 2.12 bits per heavy atom. The number of benzene rings is 1. The molecule has 0 spiro atoms. The maximum absolute atomic E-state index is 12.4. The van der Waals surface area contributed by atoms with Crippen molar-refractivity contribution in [3.63, 3.8) is 0 Å². The van der Waals surface area contributed by atoms with Crippen LogP contribution in [0.2, 0.25) is 0 Å². The van der Waals surface area contributed by atoms with Gasteiger partial charge in [-0.25, -0.2) is 4.98 Å².